The highest BCUT2D eigenvalue weighted by molar-refractivity contribution is 7.89. The van der Waals surface area contributed by atoms with Crippen molar-refractivity contribution < 1.29 is 35.9 Å². The number of esters is 1. The number of sulfonamides is 1. The molecule has 1 atom stereocenters. The normalized spacial score (nSPS) is 17.2. The number of carbonyl (C=O) groups excluding carboxylic acids is 2. The number of ether oxygens (including phenoxy) is 1. The van der Waals surface area contributed by atoms with Crippen LogP contribution in [0.1, 0.15) is 23.2 Å². The van der Waals surface area contributed by atoms with Crippen LogP contribution in [0.5, 0.6) is 0 Å². The number of amides is 1. The first-order valence-electron chi connectivity index (χ1n) is 9.27. The first-order valence-corrected chi connectivity index (χ1v) is 10.7. The van der Waals surface area contributed by atoms with Gasteiger partial charge in [0.1, 0.15) is 17.5 Å². The van der Waals surface area contributed by atoms with Crippen molar-refractivity contribution in [1.29, 1.82) is 0 Å². The molecule has 0 radical (unpaired) electrons. The van der Waals surface area contributed by atoms with Gasteiger partial charge in [0.25, 0.3) is 0 Å². The number of hydrogen-bond acceptors (Lipinski definition) is 5. The van der Waals surface area contributed by atoms with E-state index in [1.165, 1.54) is 0 Å². The molecule has 166 valence electrons. The highest BCUT2D eigenvalue weighted by Crippen LogP contribution is 2.26. The number of nitrogens with zero attached hydrogens (tertiary/aromatic N) is 1. The molecule has 31 heavy (non-hydrogen) atoms. The fourth-order valence-electron chi connectivity index (χ4n) is 3.28. The molecule has 1 aliphatic rings. The van der Waals surface area contributed by atoms with Crippen LogP contribution in [0.4, 0.5) is 18.9 Å². The molecule has 0 aliphatic carbocycles. The molecule has 7 nitrogen and oxygen atoms in total. The molecule has 2 aromatic carbocycles. The van der Waals surface area contributed by atoms with Crippen LogP contribution < -0.4 is 5.32 Å². The molecule has 2 aromatic rings. The molecule has 0 unspecified atom stereocenters. The Morgan fingerprint density at radius 2 is 1.77 bits per heavy atom. The quantitative estimate of drug-likeness (QED) is 0.699. The molecule has 11 heteroatoms. The molecule has 0 saturated carbocycles. The largest absolute Gasteiger partial charge is 0.465 e. The molecule has 1 N–H and O–H groups in total. The Labute approximate surface area is 176 Å². The maximum atomic E-state index is 14.1. The van der Waals surface area contributed by atoms with Gasteiger partial charge in [0.05, 0.1) is 29.2 Å². The van der Waals surface area contributed by atoms with Crippen LogP contribution in [0.25, 0.3) is 0 Å². The van der Waals surface area contributed by atoms with Crippen molar-refractivity contribution in [2.45, 2.75) is 17.7 Å². The molecule has 0 spiro atoms. The van der Waals surface area contributed by atoms with Gasteiger partial charge in [-0.3, -0.25) is 4.79 Å². The summed E-state index contributed by atoms with van der Waals surface area (Å²) in [6, 6.07) is 5.60. The minimum Gasteiger partial charge on any atom is -0.465 e. The summed E-state index contributed by atoms with van der Waals surface area (Å²) in [5.41, 5.74) is -0.978. The maximum Gasteiger partial charge on any atom is 0.340 e. The second-order valence-corrected chi connectivity index (χ2v) is 8.89. The fourth-order valence-corrected chi connectivity index (χ4v) is 4.80. The summed E-state index contributed by atoms with van der Waals surface area (Å²) in [6.07, 6.45) is 0.714. The monoisotopic (exact) mass is 456 g/mol. The predicted molar refractivity (Wildman–Crippen MR) is 104 cm³/mol. The number of piperidine rings is 1. The Morgan fingerprint density at radius 3 is 2.42 bits per heavy atom. The topological polar surface area (TPSA) is 92.8 Å². The molecule has 1 amide bonds. The molecule has 1 saturated heterocycles. The predicted octanol–water partition coefficient (Wildman–Crippen LogP) is 2.93. The zero-order valence-electron chi connectivity index (χ0n) is 16.4. The number of rotatable bonds is 5. The molecule has 1 heterocycles. The Morgan fingerprint density at radius 1 is 1.10 bits per heavy atom. The number of halogens is 3. The van der Waals surface area contributed by atoms with Gasteiger partial charge >= 0.3 is 5.97 Å². The van der Waals surface area contributed by atoms with Crippen LogP contribution in [0.15, 0.2) is 41.3 Å². The number of hydrogen-bond donors (Lipinski definition) is 1. The highest BCUT2D eigenvalue weighted by atomic mass is 32.2. The van der Waals surface area contributed by atoms with Gasteiger partial charge in [0, 0.05) is 19.2 Å². The van der Waals surface area contributed by atoms with Crippen LogP contribution in [0, 0.1) is 23.4 Å². The number of methoxy groups -OCH3 is 1. The van der Waals surface area contributed by atoms with E-state index in [2.05, 4.69) is 10.1 Å². The molecule has 0 bridgehead atoms. The van der Waals surface area contributed by atoms with Crippen LogP contribution in [0.2, 0.25) is 0 Å². The summed E-state index contributed by atoms with van der Waals surface area (Å²) >= 11 is 0. The molecule has 1 fully saturated rings. The minimum absolute atomic E-state index is 0.109. The van der Waals surface area contributed by atoms with Gasteiger partial charge in [0.15, 0.2) is 0 Å². The Balaban J connectivity index is 1.77. The standard InChI is InChI=1S/C20H19F3N2O5S/c1-30-20(27)15-9-18(17(23)10-16(15)22)24-19(26)12-3-2-8-25(11-12)31(28,29)14-6-4-13(21)5-7-14/h4-7,9-10,12H,2-3,8,11H2,1H3,(H,24,26)/t12-/m0/s1. The summed E-state index contributed by atoms with van der Waals surface area (Å²) < 4.78 is 72.1. The van der Waals surface area contributed by atoms with Crippen molar-refractivity contribution in [3.8, 4) is 0 Å². The van der Waals surface area contributed by atoms with Crippen molar-refractivity contribution in [1.82, 2.24) is 4.31 Å². The smallest absolute Gasteiger partial charge is 0.340 e. The van der Waals surface area contributed by atoms with E-state index >= 15 is 0 Å². The van der Waals surface area contributed by atoms with E-state index < -0.39 is 56.5 Å². The fraction of sp³-hybridized carbons (Fsp3) is 0.300. The van der Waals surface area contributed by atoms with Crippen molar-refractivity contribution in [3.63, 3.8) is 0 Å². The van der Waals surface area contributed by atoms with E-state index in [1.54, 1.807) is 0 Å². The van der Waals surface area contributed by atoms with E-state index in [1.807, 2.05) is 0 Å². The van der Waals surface area contributed by atoms with Gasteiger partial charge < -0.3 is 10.1 Å². The van der Waals surface area contributed by atoms with E-state index in [-0.39, 0.29) is 18.0 Å². The van der Waals surface area contributed by atoms with Crippen molar-refractivity contribution in [2.24, 2.45) is 5.92 Å². The third-order valence-corrected chi connectivity index (χ3v) is 6.81. The molecule has 1 aliphatic heterocycles. The lowest BCUT2D eigenvalue weighted by Crippen LogP contribution is -2.43. The van der Waals surface area contributed by atoms with E-state index in [0.717, 1.165) is 41.7 Å². The van der Waals surface area contributed by atoms with Crippen LogP contribution in [-0.2, 0) is 19.6 Å². The minimum atomic E-state index is -3.95. The summed E-state index contributed by atoms with van der Waals surface area (Å²) in [5.74, 6) is -5.35. The SMILES string of the molecule is COC(=O)c1cc(NC(=O)[C@H]2CCCN(S(=O)(=O)c3ccc(F)cc3)C2)c(F)cc1F. The lowest BCUT2D eigenvalue weighted by atomic mass is 9.98. The Hall–Kier alpha value is -2.92. The zero-order valence-corrected chi connectivity index (χ0v) is 17.2. The van der Waals surface area contributed by atoms with E-state index in [4.69, 9.17) is 0 Å². The van der Waals surface area contributed by atoms with Gasteiger partial charge in [0.2, 0.25) is 15.9 Å². The number of benzene rings is 2. The van der Waals surface area contributed by atoms with Gasteiger partial charge in [-0.1, -0.05) is 0 Å². The molecular formula is C20H19F3N2O5S. The Bertz CT molecular complexity index is 1110. The van der Waals surface area contributed by atoms with Gasteiger partial charge in [-0.05, 0) is 43.2 Å². The summed E-state index contributed by atoms with van der Waals surface area (Å²) in [5, 5.41) is 2.29. The third-order valence-electron chi connectivity index (χ3n) is 4.93. The number of anilines is 1. The summed E-state index contributed by atoms with van der Waals surface area (Å²) in [6.45, 7) is -0.000889. The molecular weight excluding hydrogens is 437 g/mol. The maximum absolute atomic E-state index is 14.1. The second kappa shape index (κ2) is 9.06. The van der Waals surface area contributed by atoms with Crippen molar-refractivity contribution in [3.05, 3.63) is 59.4 Å². The van der Waals surface area contributed by atoms with Gasteiger partial charge in [-0.15, -0.1) is 0 Å². The summed E-state index contributed by atoms with van der Waals surface area (Å²) in [7, 11) is -2.92. The molecule has 3 rings (SSSR count). The van der Waals surface area contributed by atoms with E-state index in [9.17, 15) is 31.2 Å². The van der Waals surface area contributed by atoms with Gasteiger partial charge in [-0.2, -0.15) is 4.31 Å². The third kappa shape index (κ3) is 4.88. The van der Waals surface area contributed by atoms with E-state index in [0.29, 0.717) is 18.9 Å². The number of carbonyl (C=O) groups is 2. The van der Waals surface area contributed by atoms with Crippen molar-refractivity contribution in [2.75, 3.05) is 25.5 Å². The van der Waals surface area contributed by atoms with Crippen LogP contribution in [-0.4, -0.2) is 44.8 Å². The number of nitrogens with one attached hydrogen (secondary N) is 1. The average Bonchev–Trinajstić information content (AvgIpc) is 2.75. The lowest BCUT2D eigenvalue weighted by Gasteiger charge is -2.31. The Kier molecular flexibility index (Phi) is 6.65. The highest BCUT2D eigenvalue weighted by Gasteiger charge is 2.33. The second-order valence-electron chi connectivity index (χ2n) is 6.95. The van der Waals surface area contributed by atoms with Crippen molar-refractivity contribution >= 4 is 27.6 Å². The molecule has 0 aromatic heterocycles. The zero-order chi connectivity index (χ0) is 22.8. The first-order chi connectivity index (χ1) is 14.6. The van der Waals surface area contributed by atoms with Crippen LogP contribution >= 0.6 is 0 Å². The van der Waals surface area contributed by atoms with Gasteiger partial charge in [-0.25, -0.2) is 26.4 Å². The van der Waals surface area contributed by atoms with Crippen LogP contribution in [0.3, 0.4) is 0 Å². The average molecular weight is 456 g/mol. The lowest BCUT2D eigenvalue weighted by molar-refractivity contribution is -0.120. The first kappa shape index (κ1) is 22.8. The summed E-state index contributed by atoms with van der Waals surface area (Å²) in [4.78, 5) is 24.1.